The number of hydrogen-bond donors (Lipinski definition) is 0. The molecule has 0 nitrogen and oxygen atoms in total. The first-order valence-corrected chi connectivity index (χ1v) is 6.77. The molecule has 1 aromatic heterocycles. The summed E-state index contributed by atoms with van der Waals surface area (Å²) >= 11 is 10.8. The average Bonchev–Trinajstić information content (AvgIpc) is 2.26. The second-order valence-electron chi connectivity index (χ2n) is 2.57. The van der Waals surface area contributed by atoms with Crippen LogP contribution in [0, 0.1) is 0 Å². The van der Waals surface area contributed by atoms with E-state index in [0.717, 1.165) is 7.57 Å². The van der Waals surface area contributed by atoms with Crippen molar-refractivity contribution in [1.29, 1.82) is 0 Å². The van der Waals surface area contributed by atoms with E-state index in [1.165, 1.54) is 11.3 Å². The van der Waals surface area contributed by atoms with Crippen LogP contribution in [0.2, 0.25) is 0 Å². The van der Waals surface area contributed by atoms with E-state index in [-0.39, 0.29) is 0 Å². The van der Waals surface area contributed by atoms with Gasteiger partial charge in [-0.2, -0.15) is 13.2 Å². The molecule has 0 N–H and O–H groups in total. The normalized spacial score (nSPS) is 14.4. The molecule has 0 aliphatic heterocycles. The fraction of sp³-hybridized carbons (Fsp3) is 0.429. The Hall–Kier alpha value is 0.930. The van der Waals surface area contributed by atoms with Crippen molar-refractivity contribution in [3.8, 4) is 0 Å². The summed E-state index contributed by atoms with van der Waals surface area (Å²) < 4.78 is 37.8. The standard InChI is InChI=1S/C7H4Br3F3S/c8-4(2-7(11,12)13)3-1-5(9)14-6(3)10/h1,4H,2H2. The van der Waals surface area contributed by atoms with Gasteiger partial charge in [0.15, 0.2) is 0 Å². The minimum atomic E-state index is -4.15. The van der Waals surface area contributed by atoms with Crippen LogP contribution < -0.4 is 0 Å². The number of hydrogen-bond acceptors (Lipinski definition) is 1. The Kier molecular flexibility index (Phi) is 4.50. The molecule has 14 heavy (non-hydrogen) atoms. The fourth-order valence-corrected chi connectivity index (χ4v) is 5.04. The predicted molar refractivity (Wildman–Crippen MR) is 62.1 cm³/mol. The third kappa shape index (κ3) is 3.83. The van der Waals surface area contributed by atoms with Gasteiger partial charge in [-0.1, -0.05) is 15.9 Å². The van der Waals surface area contributed by atoms with Crippen molar-refractivity contribution in [1.82, 2.24) is 0 Å². The van der Waals surface area contributed by atoms with Crippen LogP contribution in [0.4, 0.5) is 13.2 Å². The minimum absolute atomic E-state index is 0.624. The zero-order chi connectivity index (χ0) is 10.9. The first kappa shape index (κ1) is 13.0. The van der Waals surface area contributed by atoms with Gasteiger partial charge in [-0.05, 0) is 43.5 Å². The van der Waals surface area contributed by atoms with E-state index in [9.17, 15) is 13.2 Å². The highest BCUT2D eigenvalue weighted by Gasteiger charge is 2.32. The van der Waals surface area contributed by atoms with Crippen molar-refractivity contribution in [3.05, 3.63) is 19.2 Å². The van der Waals surface area contributed by atoms with Gasteiger partial charge in [0.25, 0.3) is 0 Å². The molecule has 1 heterocycles. The molecule has 1 rings (SSSR count). The maximum atomic E-state index is 12.1. The Morgan fingerprint density at radius 1 is 1.36 bits per heavy atom. The fourth-order valence-electron chi connectivity index (χ4n) is 0.880. The summed E-state index contributed by atoms with van der Waals surface area (Å²) in [4.78, 5) is -0.695. The number of rotatable bonds is 2. The lowest BCUT2D eigenvalue weighted by Crippen LogP contribution is -2.10. The van der Waals surface area contributed by atoms with Gasteiger partial charge in [0, 0.05) is 0 Å². The first-order valence-electron chi connectivity index (χ1n) is 3.45. The summed E-state index contributed by atoms with van der Waals surface area (Å²) in [6.07, 6.45) is -5.02. The molecule has 1 atom stereocenters. The van der Waals surface area contributed by atoms with Crippen LogP contribution in [-0.2, 0) is 0 Å². The first-order chi connectivity index (χ1) is 6.29. The van der Waals surface area contributed by atoms with Crippen LogP contribution in [0.1, 0.15) is 16.8 Å². The smallest absolute Gasteiger partial charge is 0.171 e. The van der Waals surface area contributed by atoms with Gasteiger partial charge in [-0.3, -0.25) is 0 Å². The van der Waals surface area contributed by atoms with Gasteiger partial charge in [0.1, 0.15) is 0 Å². The lowest BCUT2D eigenvalue weighted by Gasteiger charge is -2.11. The molecule has 0 aliphatic rings. The highest BCUT2D eigenvalue weighted by Crippen LogP contribution is 2.43. The Bertz CT molecular complexity index is 320. The van der Waals surface area contributed by atoms with Gasteiger partial charge in [0.2, 0.25) is 0 Å². The lowest BCUT2D eigenvalue weighted by molar-refractivity contribution is -0.134. The molecule has 0 amide bonds. The van der Waals surface area contributed by atoms with Crippen LogP contribution >= 0.6 is 59.1 Å². The molecule has 1 aromatic rings. The topological polar surface area (TPSA) is 0 Å². The van der Waals surface area contributed by atoms with Gasteiger partial charge >= 0.3 is 6.18 Å². The Morgan fingerprint density at radius 3 is 2.29 bits per heavy atom. The summed E-state index contributed by atoms with van der Waals surface area (Å²) in [5.41, 5.74) is 0.624. The lowest BCUT2D eigenvalue weighted by atomic mass is 10.2. The molecule has 0 radical (unpaired) electrons. The second kappa shape index (κ2) is 4.84. The number of thiophene rings is 1. The Balaban J connectivity index is 2.79. The van der Waals surface area contributed by atoms with Crippen LogP contribution in [0.3, 0.4) is 0 Å². The van der Waals surface area contributed by atoms with E-state index in [0.29, 0.717) is 5.56 Å². The van der Waals surface area contributed by atoms with E-state index in [4.69, 9.17) is 0 Å². The highest BCUT2D eigenvalue weighted by atomic mass is 79.9. The molecular formula is C7H4Br3F3S. The SMILES string of the molecule is FC(F)(F)CC(Br)c1cc(Br)sc1Br. The van der Waals surface area contributed by atoms with Crippen molar-refractivity contribution in [3.63, 3.8) is 0 Å². The van der Waals surface area contributed by atoms with E-state index >= 15 is 0 Å². The van der Waals surface area contributed by atoms with Crippen LogP contribution in [0.5, 0.6) is 0 Å². The highest BCUT2D eigenvalue weighted by molar-refractivity contribution is 9.12. The molecule has 1 unspecified atom stereocenters. The summed E-state index contributed by atoms with van der Waals surface area (Å²) in [5.74, 6) is 0. The second-order valence-corrected chi connectivity index (χ2v) is 7.42. The minimum Gasteiger partial charge on any atom is -0.171 e. The number of alkyl halides is 4. The van der Waals surface area contributed by atoms with E-state index in [1.54, 1.807) is 6.07 Å². The van der Waals surface area contributed by atoms with Crippen molar-refractivity contribution < 1.29 is 13.2 Å². The van der Waals surface area contributed by atoms with Crippen LogP contribution in [0.15, 0.2) is 13.6 Å². The molecule has 0 saturated carbocycles. The molecule has 0 aromatic carbocycles. The van der Waals surface area contributed by atoms with Gasteiger partial charge in [-0.15, -0.1) is 11.3 Å². The summed E-state index contributed by atoms with van der Waals surface area (Å²) in [6, 6.07) is 1.68. The molecule has 0 saturated heterocycles. The third-order valence-corrected chi connectivity index (χ3v) is 4.63. The zero-order valence-electron chi connectivity index (χ0n) is 6.54. The molecule has 80 valence electrons. The molecular weight excluding hydrogens is 413 g/mol. The van der Waals surface area contributed by atoms with Crippen molar-refractivity contribution in [2.24, 2.45) is 0 Å². The van der Waals surface area contributed by atoms with Gasteiger partial charge < -0.3 is 0 Å². The molecule has 7 heteroatoms. The van der Waals surface area contributed by atoms with Gasteiger partial charge in [-0.25, -0.2) is 0 Å². The van der Waals surface area contributed by atoms with E-state index < -0.39 is 17.4 Å². The predicted octanol–water partition coefficient (Wildman–Crippen LogP) is 5.66. The Morgan fingerprint density at radius 2 is 1.93 bits per heavy atom. The monoisotopic (exact) mass is 414 g/mol. The summed E-state index contributed by atoms with van der Waals surface area (Å²) in [7, 11) is 0. The van der Waals surface area contributed by atoms with Crippen molar-refractivity contribution >= 4 is 59.1 Å². The molecule has 0 fully saturated rings. The van der Waals surface area contributed by atoms with Crippen LogP contribution in [-0.4, -0.2) is 6.18 Å². The number of halogens is 6. The molecule has 0 aliphatic carbocycles. The molecule has 0 bridgehead atoms. The largest absolute Gasteiger partial charge is 0.390 e. The van der Waals surface area contributed by atoms with E-state index in [2.05, 4.69) is 47.8 Å². The Labute approximate surface area is 108 Å². The maximum Gasteiger partial charge on any atom is 0.390 e. The quantitative estimate of drug-likeness (QED) is 0.545. The van der Waals surface area contributed by atoms with Gasteiger partial charge in [0.05, 0.1) is 18.8 Å². The average molecular weight is 417 g/mol. The summed E-state index contributed by atoms with van der Waals surface area (Å²) in [5, 5.41) is 0. The van der Waals surface area contributed by atoms with Crippen molar-refractivity contribution in [2.75, 3.05) is 0 Å². The zero-order valence-corrected chi connectivity index (χ0v) is 12.1. The molecule has 0 spiro atoms. The maximum absolute atomic E-state index is 12.1. The van der Waals surface area contributed by atoms with Crippen molar-refractivity contribution in [2.45, 2.75) is 17.4 Å². The summed E-state index contributed by atoms with van der Waals surface area (Å²) in [6.45, 7) is 0. The third-order valence-electron chi connectivity index (χ3n) is 1.43. The van der Waals surface area contributed by atoms with Crippen LogP contribution in [0.25, 0.3) is 0 Å². The van der Waals surface area contributed by atoms with E-state index in [1.807, 2.05) is 0 Å².